The van der Waals surface area contributed by atoms with E-state index in [0.717, 1.165) is 18.6 Å². The molecule has 1 N–H and O–H groups in total. The maximum Gasteiger partial charge on any atom is 0.243 e. The molecule has 0 saturated heterocycles. The minimum atomic E-state index is 0.623. The van der Waals surface area contributed by atoms with Gasteiger partial charge in [0.1, 0.15) is 0 Å². The molecule has 98 valence electrons. The van der Waals surface area contributed by atoms with E-state index in [1.807, 2.05) is 12.1 Å². The van der Waals surface area contributed by atoms with Gasteiger partial charge < -0.3 is 5.32 Å². The first kappa shape index (κ1) is 12.4. The molecule has 0 aromatic carbocycles. The van der Waals surface area contributed by atoms with Gasteiger partial charge in [-0.25, -0.2) is 4.52 Å². The van der Waals surface area contributed by atoms with Crippen LogP contribution in [0.4, 0.5) is 5.95 Å². The summed E-state index contributed by atoms with van der Waals surface area (Å²) >= 11 is 7.68. The molecule has 0 amide bonds. The molecule has 3 rings (SSSR count). The lowest BCUT2D eigenvalue weighted by atomic mass is 10.2. The average Bonchev–Trinajstić information content (AvgIpc) is 3.01. The zero-order valence-electron chi connectivity index (χ0n) is 10.4. The molecule has 3 aromatic rings. The van der Waals surface area contributed by atoms with Crippen LogP contribution in [0.5, 0.6) is 0 Å². The molecule has 19 heavy (non-hydrogen) atoms. The number of hydrogen-bond donors (Lipinski definition) is 1. The third-order valence-electron chi connectivity index (χ3n) is 2.92. The third-order valence-corrected chi connectivity index (χ3v) is 4.11. The fourth-order valence-corrected chi connectivity index (χ4v) is 3.00. The van der Waals surface area contributed by atoms with Gasteiger partial charge in [0, 0.05) is 11.1 Å². The lowest BCUT2D eigenvalue weighted by Crippen LogP contribution is -2.01. The van der Waals surface area contributed by atoms with Gasteiger partial charge in [-0.2, -0.15) is 4.98 Å². The van der Waals surface area contributed by atoms with Crippen molar-refractivity contribution in [1.82, 2.24) is 14.6 Å². The Balaban J connectivity index is 1.78. The van der Waals surface area contributed by atoms with Gasteiger partial charge in [0.15, 0.2) is 5.65 Å². The molecule has 0 spiro atoms. The summed E-state index contributed by atoms with van der Waals surface area (Å²) in [6.45, 7) is 2.92. The molecule has 0 aliphatic carbocycles. The van der Waals surface area contributed by atoms with Gasteiger partial charge in [-0.05, 0) is 35.6 Å². The van der Waals surface area contributed by atoms with Crippen LogP contribution >= 0.6 is 22.9 Å². The van der Waals surface area contributed by atoms with E-state index in [2.05, 4.69) is 33.8 Å². The Labute approximate surface area is 120 Å². The van der Waals surface area contributed by atoms with Gasteiger partial charge in [0.05, 0.1) is 11.6 Å². The topological polar surface area (TPSA) is 42.2 Å². The first-order chi connectivity index (χ1) is 9.26. The van der Waals surface area contributed by atoms with E-state index in [-0.39, 0.29) is 0 Å². The quantitative estimate of drug-likeness (QED) is 0.798. The van der Waals surface area contributed by atoms with E-state index in [4.69, 9.17) is 11.6 Å². The van der Waals surface area contributed by atoms with Crippen molar-refractivity contribution >= 4 is 34.5 Å². The first-order valence-electron chi connectivity index (χ1n) is 6.07. The fraction of sp³-hybridized carbons (Fsp3) is 0.231. The predicted molar refractivity (Wildman–Crippen MR) is 79.0 cm³/mol. The molecule has 3 heterocycles. The van der Waals surface area contributed by atoms with Gasteiger partial charge in [-0.15, -0.1) is 16.4 Å². The van der Waals surface area contributed by atoms with Crippen LogP contribution in [0.3, 0.4) is 0 Å². The second-order valence-corrected chi connectivity index (χ2v) is 5.60. The summed E-state index contributed by atoms with van der Waals surface area (Å²) in [6.07, 6.45) is 2.80. The van der Waals surface area contributed by atoms with Crippen LogP contribution in [0, 0.1) is 0 Å². The first-order valence-corrected chi connectivity index (χ1v) is 7.33. The highest BCUT2D eigenvalue weighted by atomic mass is 35.5. The molecule has 0 unspecified atom stereocenters. The van der Waals surface area contributed by atoms with Crippen molar-refractivity contribution in [3.63, 3.8) is 0 Å². The number of thiophene rings is 1. The number of rotatable bonds is 4. The number of anilines is 1. The van der Waals surface area contributed by atoms with Crippen molar-refractivity contribution in [3.05, 3.63) is 45.2 Å². The van der Waals surface area contributed by atoms with Crippen molar-refractivity contribution in [2.45, 2.75) is 19.9 Å². The average molecular weight is 293 g/mol. The Morgan fingerprint density at radius 3 is 3.11 bits per heavy atom. The highest BCUT2D eigenvalue weighted by Gasteiger charge is 2.06. The summed E-state index contributed by atoms with van der Waals surface area (Å²) in [5.41, 5.74) is 2.16. The summed E-state index contributed by atoms with van der Waals surface area (Å²) in [5, 5.41) is 10.4. The highest BCUT2D eigenvalue weighted by molar-refractivity contribution is 7.10. The van der Waals surface area contributed by atoms with Crippen LogP contribution < -0.4 is 5.32 Å². The second-order valence-electron chi connectivity index (χ2n) is 4.16. The number of aromatic nitrogens is 3. The maximum atomic E-state index is 5.92. The predicted octanol–water partition coefficient (Wildman–Crippen LogP) is 3.62. The molecule has 0 fully saturated rings. The van der Waals surface area contributed by atoms with Crippen molar-refractivity contribution in [2.75, 3.05) is 5.32 Å². The van der Waals surface area contributed by atoms with E-state index in [9.17, 15) is 0 Å². The van der Waals surface area contributed by atoms with Crippen LogP contribution in [-0.4, -0.2) is 14.6 Å². The third kappa shape index (κ3) is 2.57. The molecule has 0 aliphatic heterocycles. The Hall–Kier alpha value is -1.59. The molecule has 0 bridgehead atoms. The van der Waals surface area contributed by atoms with E-state index >= 15 is 0 Å². The summed E-state index contributed by atoms with van der Waals surface area (Å²) in [6, 6.07) is 5.82. The molecule has 0 atom stereocenters. The largest absolute Gasteiger partial charge is 0.348 e. The SMILES string of the molecule is CCc1ccsc1CNc1nc2ccc(Cl)cn2n1. The van der Waals surface area contributed by atoms with Crippen LogP contribution in [0.25, 0.3) is 5.65 Å². The minimum absolute atomic E-state index is 0.623. The molecule has 0 radical (unpaired) electrons. The van der Waals surface area contributed by atoms with Crippen molar-refractivity contribution in [3.8, 4) is 0 Å². The molecule has 4 nitrogen and oxygen atoms in total. The van der Waals surface area contributed by atoms with Crippen LogP contribution in [0.15, 0.2) is 29.8 Å². The van der Waals surface area contributed by atoms with Crippen LogP contribution in [-0.2, 0) is 13.0 Å². The van der Waals surface area contributed by atoms with Gasteiger partial charge in [0.25, 0.3) is 0 Å². The Bertz CT molecular complexity index is 704. The van der Waals surface area contributed by atoms with Gasteiger partial charge in [-0.1, -0.05) is 18.5 Å². The molecule has 0 saturated carbocycles. The van der Waals surface area contributed by atoms with E-state index in [0.29, 0.717) is 11.0 Å². The van der Waals surface area contributed by atoms with Crippen molar-refractivity contribution in [2.24, 2.45) is 0 Å². The summed E-state index contributed by atoms with van der Waals surface area (Å²) in [7, 11) is 0. The molecular weight excluding hydrogens is 280 g/mol. The smallest absolute Gasteiger partial charge is 0.243 e. The van der Waals surface area contributed by atoms with Crippen molar-refractivity contribution in [1.29, 1.82) is 0 Å². The molecule has 3 aromatic heterocycles. The Morgan fingerprint density at radius 2 is 2.26 bits per heavy atom. The zero-order chi connectivity index (χ0) is 13.2. The number of halogens is 1. The zero-order valence-corrected chi connectivity index (χ0v) is 12.0. The normalized spacial score (nSPS) is 11.1. The standard InChI is InChI=1S/C13H13ClN4S/c1-2-9-5-6-19-11(9)7-15-13-16-12-4-3-10(14)8-18(12)17-13/h3-6,8H,2,7H2,1H3,(H,15,17). The number of hydrogen-bond acceptors (Lipinski definition) is 4. The number of nitrogens with zero attached hydrogens (tertiary/aromatic N) is 3. The number of nitrogens with one attached hydrogen (secondary N) is 1. The summed E-state index contributed by atoms with van der Waals surface area (Å²) in [5.74, 6) is 0.623. The Kier molecular flexibility index (Phi) is 3.40. The number of aryl methyl sites for hydroxylation is 1. The molecule has 0 aliphatic rings. The van der Waals surface area contributed by atoms with E-state index < -0.39 is 0 Å². The second kappa shape index (κ2) is 5.19. The lowest BCUT2D eigenvalue weighted by molar-refractivity contribution is 0.950. The highest BCUT2D eigenvalue weighted by Crippen LogP contribution is 2.18. The molecular formula is C13H13ClN4S. The van der Waals surface area contributed by atoms with E-state index in [1.165, 1.54) is 10.4 Å². The van der Waals surface area contributed by atoms with Gasteiger partial charge in [0.2, 0.25) is 5.95 Å². The number of fused-ring (bicyclic) bond motifs is 1. The Morgan fingerprint density at radius 1 is 1.37 bits per heavy atom. The fourth-order valence-electron chi connectivity index (χ4n) is 1.93. The van der Waals surface area contributed by atoms with Crippen LogP contribution in [0.1, 0.15) is 17.4 Å². The van der Waals surface area contributed by atoms with E-state index in [1.54, 1.807) is 22.0 Å². The monoisotopic (exact) mass is 292 g/mol. The summed E-state index contributed by atoms with van der Waals surface area (Å²) < 4.78 is 1.68. The van der Waals surface area contributed by atoms with Gasteiger partial charge in [-0.3, -0.25) is 0 Å². The lowest BCUT2D eigenvalue weighted by Gasteiger charge is -2.01. The summed E-state index contributed by atoms with van der Waals surface area (Å²) in [4.78, 5) is 5.73. The minimum Gasteiger partial charge on any atom is -0.348 e. The number of pyridine rings is 1. The van der Waals surface area contributed by atoms with Crippen LogP contribution in [0.2, 0.25) is 5.02 Å². The van der Waals surface area contributed by atoms with Gasteiger partial charge >= 0.3 is 0 Å². The molecule has 6 heteroatoms. The van der Waals surface area contributed by atoms with Crippen molar-refractivity contribution < 1.29 is 0 Å². The maximum absolute atomic E-state index is 5.92.